The molecule has 6 nitrogen and oxygen atoms in total. The van der Waals surface area contributed by atoms with Gasteiger partial charge in [-0.05, 0) is 24.8 Å². The molecule has 1 aliphatic heterocycles. The molecule has 1 aliphatic rings. The molecule has 0 unspecified atom stereocenters. The van der Waals surface area contributed by atoms with Crippen LogP contribution in [0.5, 0.6) is 0 Å². The zero-order chi connectivity index (χ0) is 13.0. The molecule has 0 aromatic carbocycles. The van der Waals surface area contributed by atoms with Crippen LogP contribution in [0, 0.1) is 5.92 Å². The number of carbonyl (C=O) groups is 1. The van der Waals surface area contributed by atoms with E-state index in [2.05, 4.69) is 10.3 Å². The van der Waals surface area contributed by atoms with Crippen molar-refractivity contribution in [3.05, 3.63) is 17.8 Å². The maximum Gasteiger partial charge on any atom is 0.252 e. The van der Waals surface area contributed by atoms with Crippen molar-refractivity contribution in [3.8, 4) is 0 Å². The van der Waals surface area contributed by atoms with Gasteiger partial charge < -0.3 is 21.5 Å². The van der Waals surface area contributed by atoms with Crippen LogP contribution in [0.1, 0.15) is 23.2 Å². The molecule has 0 aliphatic carbocycles. The molecule has 0 radical (unpaired) electrons. The number of rotatable bonds is 4. The molecule has 18 heavy (non-hydrogen) atoms. The first-order chi connectivity index (χ1) is 8.66. The maximum absolute atomic E-state index is 11.3. The molecule has 2 heterocycles. The Morgan fingerprint density at radius 1 is 1.50 bits per heavy atom. The smallest absolute Gasteiger partial charge is 0.252 e. The summed E-state index contributed by atoms with van der Waals surface area (Å²) in [7, 11) is 0. The third kappa shape index (κ3) is 3.10. The van der Waals surface area contributed by atoms with Crippen molar-refractivity contribution in [1.29, 1.82) is 0 Å². The Hall–Kier alpha value is -1.82. The van der Waals surface area contributed by atoms with E-state index in [0.29, 0.717) is 23.0 Å². The first-order valence-electron chi connectivity index (χ1n) is 6.03. The first kappa shape index (κ1) is 12.6. The minimum absolute atomic E-state index is 0.335. The van der Waals surface area contributed by atoms with Gasteiger partial charge in [0.1, 0.15) is 5.82 Å². The number of nitrogens with two attached hydrogens (primary N) is 2. The number of carbonyl (C=O) groups excluding carboxylic acids is 1. The fourth-order valence-electron chi connectivity index (χ4n) is 2.00. The van der Waals surface area contributed by atoms with Crippen LogP contribution in [0.2, 0.25) is 0 Å². The quantitative estimate of drug-likeness (QED) is 0.726. The number of anilines is 2. The molecule has 5 N–H and O–H groups in total. The Morgan fingerprint density at radius 3 is 2.89 bits per heavy atom. The number of hydrogen-bond donors (Lipinski definition) is 3. The lowest BCUT2D eigenvalue weighted by Crippen LogP contribution is -2.24. The summed E-state index contributed by atoms with van der Waals surface area (Å²) in [5.41, 5.74) is 11.7. The molecule has 0 saturated carbocycles. The minimum atomic E-state index is -0.524. The number of nitrogens with one attached hydrogen (secondary N) is 1. The molecular formula is C12H18N4O2. The van der Waals surface area contributed by atoms with Gasteiger partial charge in [-0.25, -0.2) is 4.98 Å². The van der Waals surface area contributed by atoms with Crippen molar-refractivity contribution in [2.24, 2.45) is 11.7 Å². The number of nitrogen functional groups attached to an aromatic ring is 1. The average molecular weight is 250 g/mol. The summed E-state index contributed by atoms with van der Waals surface area (Å²) >= 11 is 0. The summed E-state index contributed by atoms with van der Waals surface area (Å²) in [6.07, 6.45) is 3.56. The predicted octanol–water partition coefficient (Wildman–Crippen LogP) is 0.601. The van der Waals surface area contributed by atoms with Crippen molar-refractivity contribution in [2.75, 3.05) is 30.8 Å². The lowest BCUT2D eigenvalue weighted by atomic mass is 10.0. The van der Waals surface area contributed by atoms with Crippen LogP contribution < -0.4 is 16.8 Å². The second-order valence-corrected chi connectivity index (χ2v) is 4.47. The SMILES string of the molecule is NC(=O)c1cc(N)cnc1NCC1CCOCC1. The number of aromatic nitrogens is 1. The second kappa shape index (κ2) is 5.68. The van der Waals surface area contributed by atoms with Crippen LogP contribution in [0.4, 0.5) is 11.5 Å². The molecule has 6 heteroatoms. The van der Waals surface area contributed by atoms with Gasteiger partial charge in [0.05, 0.1) is 17.4 Å². The van der Waals surface area contributed by atoms with Crippen molar-refractivity contribution in [1.82, 2.24) is 4.98 Å². The van der Waals surface area contributed by atoms with Crippen LogP contribution >= 0.6 is 0 Å². The lowest BCUT2D eigenvalue weighted by Gasteiger charge is -2.22. The molecule has 1 saturated heterocycles. The highest BCUT2D eigenvalue weighted by Gasteiger charge is 2.15. The fourth-order valence-corrected chi connectivity index (χ4v) is 2.00. The van der Waals surface area contributed by atoms with Crippen LogP contribution in [-0.2, 0) is 4.74 Å². The summed E-state index contributed by atoms with van der Waals surface area (Å²) in [6.45, 7) is 2.36. The Kier molecular flexibility index (Phi) is 3.99. The molecular weight excluding hydrogens is 232 g/mol. The molecule has 0 atom stereocenters. The van der Waals surface area contributed by atoms with Crippen LogP contribution in [0.3, 0.4) is 0 Å². The maximum atomic E-state index is 11.3. The third-order valence-electron chi connectivity index (χ3n) is 3.07. The van der Waals surface area contributed by atoms with Crippen molar-refractivity contribution >= 4 is 17.4 Å². The average Bonchev–Trinajstić information content (AvgIpc) is 2.38. The Bertz CT molecular complexity index is 430. The van der Waals surface area contributed by atoms with Gasteiger partial charge in [0.2, 0.25) is 0 Å². The molecule has 0 spiro atoms. The van der Waals surface area contributed by atoms with Gasteiger partial charge in [-0.2, -0.15) is 0 Å². The highest BCUT2D eigenvalue weighted by atomic mass is 16.5. The van der Waals surface area contributed by atoms with E-state index >= 15 is 0 Å². The van der Waals surface area contributed by atoms with Crippen molar-refractivity contribution in [3.63, 3.8) is 0 Å². The number of primary amides is 1. The number of ether oxygens (including phenoxy) is 1. The molecule has 98 valence electrons. The van der Waals surface area contributed by atoms with E-state index in [1.807, 2.05) is 0 Å². The van der Waals surface area contributed by atoms with Crippen molar-refractivity contribution in [2.45, 2.75) is 12.8 Å². The molecule has 1 amide bonds. The zero-order valence-corrected chi connectivity index (χ0v) is 10.2. The van der Waals surface area contributed by atoms with Gasteiger partial charge in [0.25, 0.3) is 5.91 Å². The summed E-state index contributed by atoms with van der Waals surface area (Å²) in [6, 6.07) is 1.54. The van der Waals surface area contributed by atoms with Crippen LogP contribution in [0.15, 0.2) is 12.3 Å². The number of pyridine rings is 1. The number of nitrogens with zero attached hydrogens (tertiary/aromatic N) is 1. The monoisotopic (exact) mass is 250 g/mol. The van der Waals surface area contributed by atoms with Crippen LogP contribution in [0.25, 0.3) is 0 Å². The summed E-state index contributed by atoms with van der Waals surface area (Å²) in [4.78, 5) is 15.4. The molecule has 1 fully saturated rings. The van der Waals surface area contributed by atoms with E-state index in [1.54, 1.807) is 6.07 Å². The van der Waals surface area contributed by atoms with Gasteiger partial charge in [-0.1, -0.05) is 0 Å². The summed E-state index contributed by atoms with van der Waals surface area (Å²) in [5, 5.41) is 3.17. The summed E-state index contributed by atoms with van der Waals surface area (Å²) < 4.78 is 5.30. The molecule has 2 rings (SSSR count). The second-order valence-electron chi connectivity index (χ2n) is 4.47. The van der Waals surface area contributed by atoms with Gasteiger partial charge in [-0.3, -0.25) is 4.79 Å². The largest absolute Gasteiger partial charge is 0.397 e. The van der Waals surface area contributed by atoms with Crippen molar-refractivity contribution < 1.29 is 9.53 Å². The molecule has 0 bridgehead atoms. The Labute approximate surface area is 106 Å². The van der Waals surface area contributed by atoms with Gasteiger partial charge in [-0.15, -0.1) is 0 Å². The third-order valence-corrected chi connectivity index (χ3v) is 3.07. The number of amides is 1. The van der Waals surface area contributed by atoms with Gasteiger partial charge in [0, 0.05) is 19.8 Å². The summed E-state index contributed by atoms with van der Waals surface area (Å²) in [5.74, 6) is 0.520. The highest BCUT2D eigenvalue weighted by Crippen LogP contribution is 2.18. The van der Waals surface area contributed by atoms with Gasteiger partial charge >= 0.3 is 0 Å². The normalized spacial score (nSPS) is 16.4. The Balaban J connectivity index is 2.01. The van der Waals surface area contributed by atoms with E-state index < -0.39 is 5.91 Å². The Morgan fingerprint density at radius 2 is 2.22 bits per heavy atom. The number of hydrogen-bond acceptors (Lipinski definition) is 5. The van der Waals surface area contributed by atoms with E-state index in [9.17, 15) is 4.79 Å². The molecule has 1 aromatic heterocycles. The topological polar surface area (TPSA) is 103 Å². The fraction of sp³-hybridized carbons (Fsp3) is 0.500. The van der Waals surface area contributed by atoms with E-state index in [0.717, 1.165) is 32.6 Å². The van der Waals surface area contributed by atoms with E-state index in [4.69, 9.17) is 16.2 Å². The van der Waals surface area contributed by atoms with E-state index in [-0.39, 0.29) is 0 Å². The molecule has 1 aromatic rings. The minimum Gasteiger partial charge on any atom is -0.397 e. The zero-order valence-electron chi connectivity index (χ0n) is 10.2. The highest BCUT2D eigenvalue weighted by molar-refractivity contribution is 5.98. The van der Waals surface area contributed by atoms with Crippen LogP contribution in [-0.4, -0.2) is 30.6 Å². The van der Waals surface area contributed by atoms with Gasteiger partial charge in [0.15, 0.2) is 0 Å². The predicted molar refractivity (Wildman–Crippen MR) is 69.2 cm³/mol. The van der Waals surface area contributed by atoms with E-state index in [1.165, 1.54) is 6.20 Å². The lowest BCUT2D eigenvalue weighted by molar-refractivity contribution is 0.0699. The standard InChI is InChI=1S/C12H18N4O2/c13-9-5-10(11(14)17)12(16-7-9)15-6-8-1-3-18-4-2-8/h5,7-8H,1-4,6,13H2,(H2,14,17)(H,15,16). The first-order valence-corrected chi connectivity index (χ1v) is 6.03.